The fourth-order valence-corrected chi connectivity index (χ4v) is 4.87. The van der Waals surface area contributed by atoms with E-state index < -0.39 is 10.0 Å². The van der Waals surface area contributed by atoms with E-state index in [4.69, 9.17) is 16.9 Å². The lowest BCUT2D eigenvalue weighted by atomic mass is 10.2. The first-order valence-electron chi connectivity index (χ1n) is 6.83. The summed E-state index contributed by atoms with van der Waals surface area (Å²) in [6.45, 7) is 4.33. The summed E-state index contributed by atoms with van der Waals surface area (Å²) in [5.41, 5.74) is 1.14. The van der Waals surface area contributed by atoms with Crippen LogP contribution in [-0.4, -0.2) is 21.5 Å². The Kier molecular flexibility index (Phi) is 5.65. The summed E-state index contributed by atoms with van der Waals surface area (Å²) in [5.74, 6) is 0. The lowest BCUT2D eigenvalue weighted by Crippen LogP contribution is -2.29. The number of nitrogens with zero attached hydrogens (tertiary/aromatic N) is 1. The van der Waals surface area contributed by atoms with Gasteiger partial charge >= 0.3 is 0 Å². The quantitative estimate of drug-likeness (QED) is 0.765. The maximum Gasteiger partial charge on any atom is 0.241 e. The van der Waals surface area contributed by atoms with E-state index in [2.05, 4.69) is 10.0 Å². The van der Waals surface area contributed by atoms with Gasteiger partial charge in [0, 0.05) is 28.5 Å². The first-order chi connectivity index (χ1) is 10.8. The molecular formula is C15H16ClN3O2S2. The molecule has 0 unspecified atom stereocenters. The molecule has 1 heterocycles. The van der Waals surface area contributed by atoms with Crippen LogP contribution in [0.25, 0.3) is 0 Å². The van der Waals surface area contributed by atoms with Crippen LogP contribution in [0, 0.1) is 25.2 Å². The highest BCUT2D eigenvalue weighted by molar-refractivity contribution is 7.89. The molecule has 1 aromatic carbocycles. The molecule has 0 spiro atoms. The Balaban J connectivity index is 1.91. The molecule has 1 aromatic heterocycles. The van der Waals surface area contributed by atoms with Crippen LogP contribution in [-0.2, 0) is 10.0 Å². The number of nitrogens with one attached hydrogen (secondary N) is 2. The number of anilines is 1. The van der Waals surface area contributed by atoms with Gasteiger partial charge in [-0.25, -0.2) is 13.1 Å². The molecule has 0 aliphatic heterocycles. The minimum atomic E-state index is -3.49. The Hall–Kier alpha value is -1.59. The molecule has 122 valence electrons. The molecule has 0 saturated carbocycles. The fourth-order valence-electron chi connectivity index (χ4n) is 2.06. The van der Waals surface area contributed by atoms with Gasteiger partial charge in [0.25, 0.3) is 0 Å². The fraction of sp³-hybridized carbons (Fsp3) is 0.267. The minimum absolute atomic E-state index is 0.244. The number of rotatable bonds is 6. The highest BCUT2D eigenvalue weighted by atomic mass is 35.5. The van der Waals surface area contributed by atoms with Crippen molar-refractivity contribution in [2.24, 2.45) is 0 Å². The highest BCUT2D eigenvalue weighted by Crippen LogP contribution is 2.24. The molecule has 5 nitrogen and oxygen atoms in total. The molecule has 0 aliphatic carbocycles. The zero-order chi connectivity index (χ0) is 17.0. The van der Waals surface area contributed by atoms with Gasteiger partial charge in [-0.2, -0.15) is 5.26 Å². The molecule has 8 heteroatoms. The number of sulfonamides is 1. The van der Waals surface area contributed by atoms with Crippen LogP contribution in [0.15, 0.2) is 29.2 Å². The van der Waals surface area contributed by atoms with E-state index in [1.165, 1.54) is 11.3 Å². The van der Waals surface area contributed by atoms with Crippen molar-refractivity contribution in [1.82, 2.24) is 4.72 Å². The van der Waals surface area contributed by atoms with E-state index in [1.54, 1.807) is 31.2 Å². The topological polar surface area (TPSA) is 82.0 Å². The third kappa shape index (κ3) is 4.45. The predicted molar refractivity (Wildman–Crippen MR) is 93.6 cm³/mol. The standard InChI is InChI=1S/C15H16ClN3O2S2/c1-10-7-15(11(2)22-10)23(20,21)19-6-5-18-13-4-3-12(9-17)14(16)8-13/h3-4,7-8,18-19H,5-6H2,1-2H3. The van der Waals surface area contributed by atoms with E-state index in [9.17, 15) is 8.42 Å². The summed E-state index contributed by atoms with van der Waals surface area (Å²) >= 11 is 7.40. The van der Waals surface area contributed by atoms with E-state index in [0.717, 1.165) is 15.4 Å². The van der Waals surface area contributed by atoms with Crippen LogP contribution >= 0.6 is 22.9 Å². The van der Waals surface area contributed by atoms with Gasteiger partial charge in [0.15, 0.2) is 0 Å². The molecule has 0 aliphatic rings. The number of nitriles is 1. The number of hydrogen-bond acceptors (Lipinski definition) is 5. The van der Waals surface area contributed by atoms with Crippen molar-refractivity contribution in [1.29, 1.82) is 5.26 Å². The van der Waals surface area contributed by atoms with Crippen molar-refractivity contribution in [2.45, 2.75) is 18.7 Å². The van der Waals surface area contributed by atoms with Crippen molar-refractivity contribution in [3.63, 3.8) is 0 Å². The molecular weight excluding hydrogens is 354 g/mol. The van der Waals surface area contributed by atoms with Gasteiger partial charge in [-0.05, 0) is 38.1 Å². The Morgan fingerprint density at radius 3 is 2.57 bits per heavy atom. The van der Waals surface area contributed by atoms with E-state index in [1.807, 2.05) is 13.0 Å². The van der Waals surface area contributed by atoms with Crippen LogP contribution in [0.5, 0.6) is 0 Å². The van der Waals surface area contributed by atoms with Crippen molar-refractivity contribution < 1.29 is 8.42 Å². The molecule has 0 amide bonds. The Bertz CT molecular complexity index is 854. The molecule has 0 saturated heterocycles. The lowest BCUT2D eigenvalue weighted by Gasteiger charge is -2.09. The van der Waals surface area contributed by atoms with Crippen LogP contribution in [0.1, 0.15) is 15.3 Å². The van der Waals surface area contributed by atoms with Gasteiger partial charge in [-0.15, -0.1) is 11.3 Å². The largest absolute Gasteiger partial charge is 0.384 e. The van der Waals surface area contributed by atoms with E-state index >= 15 is 0 Å². The second-order valence-electron chi connectivity index (χ2n) is 4.91. The number of benzene rings is 1. The number of thiophene rings is 1. The van der Waals surface area contributed by atoms with Crippen molar-refractivity contribution in [3.8, 4) is 6.07 Å². The number of hydrogen-bond donors (Lipinski definition) is 2. The maximum atomic E-state index is 12.2. The Morgan fingerprint density at radius 1 is 1.26 bits per heavy atom. The maximum absolute atomic E-state index is 12.2. The third-order valence-corrected chi connectivity index (χ3v) is 6.12. The number of aryl methyl sites for hydroxylation is 2. The Labute approximate surface area is 145 Å². The summed E-state index contributed by atoms with van der Waals surface area (Å²) < 4.78 is 27.0. The van der Waals surface area contributed by atoms with Gasteiger partial charge < -0.3 is 5.32 Å². The SMILES string of the molecule is Cc1cc(S(=O)(=O)NCCNc2ccc(C#N)c(Cl)c2)c(C)s1. The van der Waals surface area contributed by atoms with Gasteiger partial charge in [0.05, 0.1) is 15.5 Å². The van der Waals surface area contributed by atoms with E-state index in [0.29, 0.717) is 22.0 Å². The van der Waals surface area contributed by atoms with Gasteiger partial charge in [-0.1, -0.05) is 11.6 Å². The molecule has 23 heavy (non-hydrogen) atoms. The first-order valence-corrected chi connectivity index (χ1v) is 9.51. The van der Waals surface area contributed by atoms with Crippen molar-refractivity contribution in [3.05, 3.63) is 44.6 Å². The smallest absolute Gasteiger partial charge is 0.241 e. The second-order valence-corrected chi connectivity index (χ2v) is 8.51. The highest BCUT2D eigenvalue weighted by Gasteiger charge is 2.18. The molecule has 0 fully saturated rings. The summed E-state index contributed by atoms with van der Waals surface area (Å²) in [6.07, 6.45) is 0. The minimum Gasteiger partial charge on any atom is -0.384 e. The van der Waals surface area contributed by atoms with Crippen molar-refractivity contribution in [2.75, 3.05) is 18.4 Å². The normalized spacial score (nSPS) is 11.2. The van der Waals surface area contributed by atoms with Gasteiger partial charge in [-0.3, -0.25) is 0 Å². The lowest BCUT2D eigenvalue weighted by molar-refractivity contribution is 0.582. The summed E-state index contributed by atoms with van der Waals surface area (Å²) in [7, 11) is -3.49. The van der Waals surface area contributed by atoms with Crippen LogP contribution in [0.3, 0.4) is 0 Å². The molecule has 0 atom stereocenters. The van der Waals surface area contributed by atoms with Gasteiger partial charge in [0.2, 0.25) is 10.0 Å². The summed E-state index contributed by atoms with van der Waals surface area (Å²) in [6, 6.07) is 8.65. The average molecular weight is 370 g/mol. The zero-order valence-corrected chi connectivity index (χ0v) is 15.1. The monoisotopic (exact) mass is 369 g/mol. The first kappa shape index (κ1) is 17.8. The molecule has 2 aromatic rings. The van der Waals surface area contributed by atoms with Crippen LogP contribution in [0.2, 0.25) is 5.02 Å². The van der Waals surface area contributed by atoms with Crippen molar-refractivity contribution >= 4 is 38.6 Å². The third-order valence-electron chi connectivity index (χ3n) is 3.12. The summed E-state index contributed by atoms with van der Waals surface area (Å²) in [4.78, 5) is 2.08. The zero-order valence-electron chi connectivity index (χ0n) is 12.7. The summed E-state index contributed by atoms with van der Waals surface area (Å²) in [5, 5.41) is 12.2. The predicted octanol–water partition coefficient (Wildman–Crippen LogP) is 3.28. The molecule has 0 bridgehead atoms. The number of halogens is 1. The van der Waals surface area contributed by atoms with E-state index in [-0.39, 0.29) is 6.54 Å². The molecule has 2 N–H and O–H groups in total. The van der Waals surface area contributed by atoms with Crippen LogP contribution in [0.4, 0.5) is 5.69 Å². The second kappa shape index (κ2) is 7.32. The van der Waals surface area contributed by atoms with Crippen LogP contribution < -0.4 is 10.0 Å². The van der Waals surface area contributed by atoms with Gasteiger partial charge in [0.1, 0.15) is 6.07 Å². The average Bonchev–Trinajstić information content (AvgIpc) is 2.83. The molecule has 2 rings (SSSR count). The molecule has 0 radical (unpaired) electrons. The Morgan fingerprint density at radius 2 is 2.00 bits per heavy atom.